The molecule has 0 bridgehead atoms. The predicted molar refractivity (Wildman–Crippen MR) is 113 cm³/mol. The van der Waals surface area contributed by atoms with Crippen molar-refractivity contribution in [3.63, 3.8) is 0 Å². The number of ether oxygens (including phenoxy) is 3. The van der Waals surface area contributed by atoms with E-state index in [9.17, 15) is 9.70 Å². The van der Waals surface area contributed by atoms with Gasteiger partial charge in [-0.1, -0.05) is 31.9 Å². The Labute approximate surface area is 168 Å². The van der Waals surface area contributed by atoms with Crippen molar-refractivity contribution in [1.82, 2.24) is 4.98 Å². The lowest BCUT2D eigenvalue weighted by atomic mass is 10.0. The van der Waals surface area contributed by atoms with Gasteiger partial charge in [-0.25, -0.2) is 0 Å². The van der Waals surface area contributed by atoms with Crippen molar-refractivity contribution in [3.05, 3.63) is 57.2 Å². The SMILES string of the molecule is CCCCCc1c(N=O)c2cc(OC)cc(Oc3ccccc3OC)c2[nH]c1=O. The van der Waals surface area contributed by atoms with Gasteiger partial charge in [-0.3, -0.25) is 4.79 Å². The first-order chi connectivity index (χ1) is 14.1. The van der Waals surface area contributed by atoms with Crippen LogP contribution in [0, 0.1) is 4.91 Å². The van der Waals surface area contributed by atoms with Crippen molar-refractivity contribution >= 4 is 16.6 Å². The van der Waals surface area contributed by atoms with Gasteiger partial charge < -0.3 is 19.2 Å². The number of aromatic amines is 1. The maximum Gasteiger partial charge on any atom is 0.254 e. The monoisotopic (exact) mass is 396 g/mol. The Morgan fingerprint density at radius 2 is 1.76 bits per heavy atom. The lowest BCUT2D eigenvalue weighted by molar-refractivity contribution is 0.377. The molecule has 7 nitrogen and oxygen atoms in total. The van der Waals surface area contributed by atoms with Gasteiger partial charge in [-0.15, -0.1) is 4.91 Å². The molecule has 1 heterocycles. The number of nitroso groups, excluding NO2 is 1. The van der Waals surface area contributed by atoms with Gasteiger partial charge in [0.1, 0.15) is 11.4 Å². The molecule has 3 aromatic rings. The number of rotatable bonds is 9. The molecule has 0 spiro atoms. The van der Waals surface area contributed by atoms with Crippen LogP contribution in [0.4, 0.5) is 5.69 Å². The van der Waals surface area contributed by atoms with Crippen molar-refractivity contribution in [2.45, 2.75) is 32.6 Å². The summed E-state index contributed by atoms with van der Waals surface area (Å²) in [6, 6.07) is 10.5. The standard InChI is InChI=1S/C22H24N2O5/c1-4-5-6-9-15-20(24-26)16-12-14(27-2)13-19(21(16)23-22(15)25)29-18-11-8-7-10-17(18)28-3/h7-8,10-13H,4-6,9H2,1-3H3,(H,23,25). The number of hydrogen-bond acceptors (Lipinski definition) is 6. The van der Waals surface area contributed by atoms with Gasteiger partial charge in [0.25, 0.3) is 5.56 Å². The van der Waals surface area contributed by atoms with E-state index in [0.717, 1.165) is 19.3 Å². The van der Waals surface area contributed by atoms with Crippen LogP contribution in [0.5, 0.6) is 23.0 Å². The van der Waals surface area contributed by atoms with Crippen molar-refractivity contribution in [2.75, 3.05) is 14.2 Å². The van der Waals surface area contributed by atoms with Crippen molar-refractivity contribution in [3.8, 4) is 23.0 Å². The summed E-state index contributed by atoms with van der Waals surface area (Å²) >= 11 is 0. The molecule has 3 rings (SSSR count). The summed E-state index contributed by atoms with van der Waals surface area (Å²) < 4.78 is 16.7. The molecule has 0 radical (unpaired) electrons. The Morgan fingerprint density at radius 3 is 2.41 bits per heavy atom. The van der Waals surface area contributed by atoms with E-state index in [-0.39, 0.29) is 11.2 Å². The number of pyridine rings is 1. The molecule has 0 fully saturated rings. The number of unbranched alkanes of at least 4 members (excludes halogenated alkanes) is 2. The number of methoxy groups -OCH3 is 2. The Kier molecular flexibility index (Phi) is 6.49. The van der Waals surface area contributed by atoms with Crippen LogP contribution < -0.4 is 19.8 Å². The van der Waals surface area contributed by atoms with Gasteiger partial charge >= 0.3 is 0 Å². The highest BCUT2D eigenvalue weighted by Gasteiger charge is 2.19. The molecule has 0 aliphatic carbocycles. The molecule has 29 heavy (non-hydrogen) atoms. The van der Waals surface area contributed by atoms with Gasteiger partial charge in [0.2, 0.25) is 0 Å². The van der Waals surface area contributed by atoms with E-state index in [1.807, 2.05) is 12.1 Å². The van der Waals surface area contributed by atoms with E-state index < -0.39 is 0 Å². The molecule has 1 N–H and O–H groups in total. The van der Waals surface area contributed by atoms with E-state index >= 15 is 0 Å². The van der Waals surface area contributed by atoms with Gasteiger partial charge in [0.15, 0.2) is 17.2 Å². The van der Waals surface area contributed by atoms with Crippen molar-refractivity contribution in [1.29, 1.82) is 0 Å². The minimum absolute atomic E-state index is 0.128. The molecular weight excluding hydrogens is 372 g/mol. The van der Waals surface area contributed by atoms with Crippen LogP contribution in [0.1, 0.15) is 31.7 Å². The Morgan fingerprint density at radius 1 is 1.00 bits per heavy atom. The molecule has 1 aromatic heterocycles. The Bertz CT molecular complexity index is 1070. The molecule has 0 saturated heterocycles. The minimum atomic E-state index is -0.335. The van der Waals surface area contributed by atoms with E-state index in [1.165, 1.54) is 7.11 Å². The average Bonchev–Trinajstić information content (AvgIpc) is 2.74. The van der Waals surface area contributed by atoms with E-state index in [1.54, 1.807) is 31.4 Å². The number of benzene rings is 2. The first kappa shape index (κ1) is 20.4. The molecule has 0 aliphatic heterocycles. The number of hydrogen-bond donors (Lipinski definition) is 1. The summed E-state index contributed by atoms with van der Waals surface area (Å²) in [5.74, 6) is 1.83. The zero-order chi connectivity index (χ0) is 20.8. The van der Waals surface area contributed by atoms with Gasteiger partial charge in [-0.2, -0.15) is 0 Å². The van der Waals surface area contributed by atoms with Crippen LogP contribution >= 0.6 is 0 Å². The summed E-state index contributed by atoms with van der Waals surface area (Å²) in [5.41, 5.74) is 0.565. The molecule has 0 saturated carbocycles. The van der Waals surface area contributed by atoms with Gasteiger partial charge in [0.05, 0.1) is 19.7 Å². The summed E-state index contributed by atoms with van der Waals surface area (Å²) in [4.78, 5) is 27.3. The predicted octanol–water partition coefficient (Wildman–Crippen LogP) is 5.47. The van der Waals surface area contributed by atoms with Crippen LogP contribution in [-0.2, 0) is 6.42 Å². The third-order valence-corrected chi connectivity index (χ3v) is 4.78. The second-order valence-electron chi connectivity index (χ2n) is 6.63. The van der Waals surface area contributed by atoms with E-state index in [0.29, 0.717) is 45.9 Å². The largest absolute Gasteiger partial charge is 0.497 e. The van der Waals surface area contributed by atoms with Crippen molar-refractivity contribution in [2.24, 2.45) is 5.18 Å². The topological polar surface area (TPSA) is 90.0 Å². The van der Waals surface area contributed by atoms with Gasteiger partial charge in [0, 0.05) is 17.0 Å². The highest BCUT2D eigenvalue weighted by molar-refractivity contribution is 5.96. The summed E-state index contributed by atoms with van der Waals surface area (Å²) in [6.45, 7) is 2.08. The van der Waals surface area contributed by atoms with Gasteiger partial charge in [-0.05, 0) is 36.2 Å². The number of fused-ring (bicyclic) bond motifs is 1. The molecule has 152 valence electrons. The smallest absolute Gasteiger partial charge is 0.254 e. The average molecular weight is 396 g/mol. The maximum atomic E-state index is 12.7. The van der Waals surface area contributed by atoms with Crippen LogP contribution in [0.2, 0.25) is 0 Å². The number of H-pyrrole nitrogens is 1. The van der Waals surface area contributed by atoms with Crippen LogP contribution in [0.15, 0.2) is 46.4 Å². The lowest BCUT2D eigenvalue weighted by Gasteiger charge is -2.15. The molecule has 0 amide bonds. The van der Waals surface area contributed by atoms with E-state index in [4.69, 9.17) is 14.2 Å². The fourth-order valence-corrected chi connectivity index (χ4v) is 3.27. The summed E-state index contributed by atoms with van der Waals surface area (Å²) in [7, 11) is 3.07. The molecule has 0 unspecified atom stereocenters. The normalized spacial score (nSPS) is 10.7. The molecule has 2 aromatic carbocycles. The zero-order valence-electron chi connectivity index (χ0n) is 16.8. The number of aromatic nitrogens is 1. The first-order valence-corrected chi connectivity index (χ1v) is 9.54. The first-order valence-electron chi connectivity index (χ1n) is 9.54. The third-order valence-electron chi connectivity index (χ3n) is 4.78. The highest BCUT2D eigenvalue weighted by atomic mass is 16.5. The fraction of sp³-hybridized carbons (Fsp3) is 0.318. The molecular formula is C22H24N2O5. The molecule has 0 atom stereocenters. The zero-order valence-corrected chi connectivity index (χ0v) is 16.8. The van der Waals surface area contributed by atoms with Crippen LogP contribution in [0.3, 0.4) is 0 Å². The second-order valence-corrected chi connectivity index (χ2v) is 6.63. The lowest BCUT2D eigenvalue weighted by Crippen LogP contribution is -2.13. The van der Waals surface area contributed by atoms with E-state index in [2.05, 4.69) is 17.1 Å². The molecule has 0 aliphatic rings. The number of nitrogens with one attached hydrogen (secondary N) is 1. The quantitative estimate of drug-likeness (QED) is 0.383. The molecule has 7 heteroatoms. The number of para-hydroxylation sites is 2. The maximum absolute atomic E-state index is 12.7. The second kappa shape index (κ2) is 9.23. The minimum Gasteiger partial charge on any atom is -0.497 e. The fourth-order valence-electron chi connectivity index (χ4n) is 3.27. The summed E-state index contributed by atoms with van der Waals surface area (Å²) in [6.07, 6.45) is 3.28. The Balaban J connectivity index is 2.19. The Hall–Kier alpha value is -3.35. The van der Waals surface area contributed by atoms with Crippen molar-refractivity contribution < 1.29 is 14.2 Å². The number of nitrogens with zero attached hydrogens (tertiary/aromatic N) is 1. The van der Waals surface area contributed by atoms with Crippen LogP contribution in [0.25, 0.3) is 10.9 Å². The highest BCUT2D eigenvalue weighted by Crippen LogP contribution is 2.40. The summed E-state index contributed by atoms with van der Waals surface area (Å²) in [5, 5.41) is 3.67. The van der Waals surface area contributed by atoms with Crippen LogP contribution in [-0.4, -0.2) is 19.2 Å². The third kappa shape index (κ3) is 4.23.